The molecule has 0 heterocycles. The summed E-state index contributed by atoms with van der Waals surface area (Å²) in [5.74, 6) is 0. The number of nitrogens with one attached hydrogen (secondary N) is 1. The van der Waals surface area contributed by atoms with Crippen molar-refractivity contribution in [2.45, 2.75) is 13.0 Å². The molecule has 3 nitrogen and oxygen atoms in total. The molecule has 0 aromatic heterocycles. The zero-order valence-electron chi connectivity index (χ0n) is 12.4. The number of rotatable bonds is 7. The van der Waals surface area contributed by atoms with Gasteiger partial charge in [0.25, 0.3) is 0 Å². The predicted octanol–water partition coefficient (Wildman–Crippen LogP) is 4.94. The van der Waals surface area contributed by atoms with Gasteiger partial charge in [0.05, 0.1) is 0 Å². The van der Waals surface area contributed by atoms with E-state index in [2.05, 4.69) is 21.8 Å². The largest absolute Gasteiger partial charge is 0.404 e. The molecule has 23 heavy (non-hydrogen) atoms. The Labute approximate surface area is 144 Å². The molecule has 2 rings (SSSR count). The molecule has 0 saturated heterocycles. The highest BCUT2D eigenvalue weighted by molar-refractivity contribution is 7.93. The Morgan fingerprint density at radius 3 is 2.70 bits per heavy atom. The molecule has 0 spiro atoms. The molecule has 2 aromatic rings. The van der Waals surface area contributed by atoms with Crippen molar-refractivity contribution in [3.05, 3.63) is 76.5 Å². The Balaban J connectivity index is 2.07. The molecule has 3 N–H and O–H groups in total. The van der Waals surface area contributed by atoms with Crippen LogP contribution < -0.4 is 11.1 Å². The number of allylic oxidation sites excluding steroid dienone is 1. The molecule has 0 atom stereocenters. The van der Waals surface area contributed by atoms with Gasteiger partial charge in [-0.1, -0.05) is 41.9 Å². The second-order valence-corrected chi connectivity index (χ2v) is 5.69. The summed E-state index contributed by atoms with van der Waals surface area (Å²) in [7, 11) is 0. The quantitative estimate of drug-likeness (QED) is 0.549. The second-order valence-electron chi connectivity index (χ2n) is 4.91. The second kappa shape index (κ2) is 9.22. The molecule has 0 radical (unpaired) electrons. The van der Waals surface area contributed by atoms with Gasteiger partial charge in [0, 0.05) is 29.9 Å². The molecular weight excluding hydrogens is 333 g/mol. The lowest BCUT2D eigenvalue weighted by atomic mass is 10.1. The summed E-state index contributed by atoms with van der Waals surface area (Å²) in [6.45, 7) is 0.708. The van der Waals surface area contributed by atoms with Crippen molar-refractivity contribution in [2.24, 2.45) is 10.1 Å². The molecule has 2 aromatic carbocycles. The van der Waals surface area contributed by atoms with E-state index >= 15 is 0 Å². The minimum Gasteiger partial charge on any atom is -0.404 e. The zero-order chi connectivity index (χ0) is 16.5. The van der Waals surface area contributed by atoms with Gasteiger partial charge in [-0.2, -0.15) is 4.40 Å². The molecule has 0 aliphatic rings. The molecular formula is C17H17ClFN3S. The van der Waals surface area contributed by atoms with E-state index < -0.39 is 0 Å². The number of hydrogen-bond acceptors (Lipinski definition) is 4. The van der Waals surface area contributed by atoms with Crippen LogP contribution in [-0.4, -0.2) is 6.21 Å². The minimum absolute atomic E-state index is 0.0974. The van der Waals surface area contributed by atoms with Gasteiger partial charge in [-0.3, -0.25) is 0 Å². The first-order valence-corrected chi connectivity index (χ1v) is 8.05. The first-order chi connectivity index (χ1) is 11.2. The zero-order valence-corrected chi connectivity index (χ0v) is 13.9. The number of anilines is 1. The van der Waals surface area contributed by atoms with Crippen molar-refractivity contribution >= 4 is 35.8 Å². The van der Waals surface area contributed by atoms with E-state index in [0.29, 0.717) is 23.6 Å². The third-order valence-electron chi connectivity index (χ3n) is 3.18. The fraction of sp³-hybridized carbons (Fsp3) is 0.118. The van der Waals surface area contributed by atoms with Crippen LogP contribution in [0.4, 0.5) is 9.57 Å². The maximum atomic E-state index is 12.0. The average Bonchev–Trinajstić information content (AvgIpc) is 2.57. The number of halogens is 2. The Morgan fingerprint density at radius 2 is 2.00 bits per heavy atom. The van der Waals surface area contributed by atoms with Crippen LogP contribution in [0.3, 0.4) is 0 Å². The van der Waals surface area contributed by atoms with Crippen molar-refractivity contribution in [3.8, 4) is 0 Å². The Morgan fingerprint density at radius 1 is 1.22 bits per heavy atom. The summed E-state index contributed by atoms with van der Waals surface area (Å²) < 4.78 is 15.5. The fourth-order valence-corrected chi connectivity index (χ4v) is 2.56. The van der Waals surface area contributed by atoms with E-state index in [4.69, 9.17) is 17.3 Å². The summed E-state index contributed by atoms with van der Waals surface area (Å²) in [4.78, 5) is 0. The Bertz CT molecular complexity index is 689. The van der Waals surface area contributed by atoms with Gasteiger partial charge in [0.2, 0.25) is 0 Å². The summed E-state index contributed by atoms with van der Waals surface area (Å²) in [6.07, 6.45) is 3.35. The predicted molar refractivity (Wildman–Crippen MR) is 98.4 cm³/mol. The molecule has 0 unspecified atom stereocenters. The van der Waals surface area contributed by atoms with Crippen molar-refractivity contribution in [2.75, 3.05) is 5.32 Å². The SMILES string of the molecule is N/C=C(\C=N\SF)Cc1cc(Cl)cc(NCc2ccccc2)c1. The summed E-state index contributed by atoms with van der Waals surface area (Å²) in [5, 5.41) is 3.97. The Kier molecular flexibility index (Phi) is 6.97. The third kappa shape index (κ3) is 5.96. The molecule has 6 heteroatoms. The molecule has 0 saturated carbocycles. The van der Waals surface area contributed by atoms with Gasteiger partial charge in [-0.25, -0.2) is 0 Å². The topological polar surface area (TPSA) is 50.4 Å². The highest BCUT2D eigenvalue weighted by Gasteiger charge is 2.03. The van der Waals surface area contributed by atoms with Crippen LogP contribution in [0.15, 0.2) is 64.7 Å². The lowest BCUT2D eigenvalue weighted by Gasteiger charge is -2.10. The summed E-state index contributed by atoms with van der Waals surface area (Å²) in [5.41, 5.74) is 9.33. The minimum atomic E-state index is -0.0974. The van der Waals surface area contributed by atoms with Gasteiger partial charge in [0.15, 0.2) is 12.3 Å². The average molecular weight is 350 g/mol. The standard InChI is InChI=1S/C17H17ClFN3S/c18-16-7-14(6-15(10-20)12-22-23-19)8-17(9-16)21-11-13-4-2-1-3-5-13/h1-5,7-10,12,21H,6,11,20H2/b15-10-,22-12+. The molecule has 0 bridgehead atoms. The Hall–Kier alpha value is -1.98. The van der Waals surface area contributed by atoms with Crippen LogP contribution >= 0.6 is 23.9 Å². The molecule has 0 aliphatic carbocycles. The van der Waals surface area contributed by atoms with Crippen LogP contribution in [0.1, 0.15) is 11.1 Å². The van der Waals surface area contributed by atoms with E-state index in [1.807, 2.05) is 36.4 Å². The summed E-state index contributed by atoms with van der Waals surface area (Å²) in [6, 6.07) is 15.8. The van der Waals surface area contributed by atoms with Crippen LogP contribution in [-0.2, 0) is 13.0 Å². The smallest absolute Gasteiger partial charge is 0.186 e. The van der Waals surface area contributed by atoms with Gasteiger partial charge in [0.1, 0.15) is 0 Å². The highest BCUT2D eigenvalue weighted by atomic mass is 35.5. The molecule has 0 amide bonds. The van der Waals surface area contributed by atoms with Crippen LogP contribution in [0.5, 0.6) is 0 Å². The number of nitrogens with two attached hydrogens (primary N) is 1. The highest BCUT2D eigenvalue weighted by Crippen LogP contribution is 2.21. The first-order valence-electron chi connectivity index (χ1n) is 7.00. The lowest BCUT2D eigenvalue weighted by molar-refractivity contribution is 0.939. The maximum absolute atomic E-state index is 12.0. The van der Waals surface area contributed by atoms with Gasteiger partial charge < -0.3 is 11.1 Å². The number of hydrogen-bond donors (Lipinski definition) is 2. The molecule has 120 valence electrons. The lowest BCUT2D eigenvalue weighted by Crippen LogP contribution is -2.01. The first kappa shape index (κ1) is 17.4. The van der Waals surface area contributed by atoms with Gasteiger partial charge >= 0.3 is 0 Å². The van der Waals surface area contributed by atoms with Crippen LogP contribution in [0.2, 0.25) is 5.02 Å². The maximum Gasteiger partial charge on any atom is 0.186 e. The van der Waals surface area contributed by atoms with Crippen molar-refractivity contribution < 1.29 is 3.89 Å². The van der Waals surface area contributed by atoms with E-state index in [0.717, 1.165) is 11.3 Å². The third-order valence-corrected chi connectivity index (χ3v) is 3.58. The number of benzene rings is 2. The van der Waals surface area contributed by atoms with Crippen molar-refractivity contribution in [1.82, 2.24) is 0 Å². The fourth-order valence-electron chi connectivity index (χ4n) is 2.13. The van der Waals surface area contributed by atoms with Crippen molar-refractivity contribution in [1.29, 1.82) is 0 Å². The summed E-state index contributed by atoms with van der Waals surface area (Å²) >= 11 is 6.08. The number of nitrogens with zero attached hydrogens (tertiary/aromatic N) is 1. The van der Waals surface area contributed by atoms with Gasteiger partial charge in [-0.15, -0.1) is 3.89 Å². The van der Waals surface area contributed by atoms with E-state index in [9.17, 15) is 3.89 Å². The van der Waals surface area contributed by atoms with E-state index in [1.165, 1.54) is 18.0 Å². The monoisotopic (exact) mass is 349 g/mol. The van der Waals surface area contributed by atoms with E-state index in [1.54, 1.807) is 0 Å². The van der Waals surface area contributed by atoms with Crippen LogP contribution in [0.25, 0.3) is 0 Å². The van der Waals surface area contributed by atoms with Gasteiger partial charge in [-0.05, 0) is 41.1 Å². The molecule has 0 fully saturated rings. The van der Waals surface area contributed by atoms with Crippen molar-refractivity contribution in [3.63, 3.8) is 0 Å². The molecule has 0 aliphatic heterocycles. The van der Waals surface area contributed by atoms with E-state index in [-0.39, 0.29) is 12.3 Å². The normalized spacial score (nSPS) is 11.8. The van der Waals surface area contributed by atoms with Crippen LogP contribution in [0, 0.1) is 0 Å².